The molecule has 0 aliphatic heterocycles. The smallest absolute Gasteiger partial charge is 0.321 e. The topological polar surface area (TPSA) is 89.3 Å². The normalized spacial score (nSPS) is 21.6. The minimum absolute atomic E-state index is 0.0277. The van der Waals surface area contributed by atoms with Crippen LogP contribution in [-0.2, 0) is 4.74 Å². The number of nitrogens with zero attached hydrogens (tertiary/aromatic N) is 2. The van der Waals surface area contributed by atoms with Crippen molar-refractivity contribution in [2.45, 2.75) is 44.2 Å². The molecule has 2 aromatic heterocycles. The van der Waals surface area contributed by atoms with Gasteiger partial charge in [0.15, 0.2) is 10.8 Å². The van der Waals surface area contributed by atoms with Crippen LogP contribution in [0, 0.1) is 0 Å². The number of amides is 2. The van der Waals surface area contributed by atoms with Crippen LogP contribution < -0.4 is 10.6 Å². The third-order valence-corrected chi connectivity index (χ3v) is 4.80. The van der Waals surface area contributed by atoms with Crippen molar-refractivity contribution in [3.63, 3.8) is 0 Å². The Labute approximate surface area is 138 Å². The first-order valence-corrected chi connectivity index (χ1v) is 8.55. The van der Waals surface area contributed by atoms with Crippen LogP contribution in [0.2, 0.25) is 0 Å². The molecule has 2 heterocycles. The summed E-state index contributed by atoms with van der Waals surface area (Å²) in [5.41, 5.74) is 0. The number of ether oxygens (including phenoxy) is 1. The van der Waals surface area contributed by atoms with E-state index < -0.39 is 0 Å². The monoisotopic (exact) mass is 336 g/mol. The third-order valence-electron chi connectivity index (χ3n) is 3.95. The predicted molar refractivity (Wildman–Crippen MR) is 87.4 cm³/mol. The van der Waals surface area contributed by atoms with E-state index in [0.29, 0.717) is 15.9 Å². The highest BCUT2D eigenvalue weighted by atomic mass is 32.1. The van der Waals surface area contributed by atoms with Gasteiger partial charge >= 0.3 is 6.03 Å². The molecule has 1 aliphatic rings. The van der Waals surface area contributed by atoms with Crippen LogP contribution in [0.5, 0.6) is 0 Å². The van der Waals surface area contributed by atoms with Crippen LogP contribution >= 0.6 is 11.3 Å². The van der Waals surface area contributed by atoms with Gasteiger partial charge in [-0.1, -0.05) is 30.6 Å². The number of hydrogen-bond donors (Lipinski definition) is 2. The highest BCUT2D eigenvalue weighted by Crippen LogP contribution is 2.26. The summed E-state index contributed by atoms with van der Waals surface area (Å²) in [7, 11) is 1.70. The molecule has 7 nitrogen and oxygen atoms in total. The molecule has 1 fully saturated rings. The lowest BCUT2D eigenvalue weighted by atomic mass is 10.1. The van der Waals surface area contributed by atoms with E-state index in [9.17, 15) is 4.79 Å². The summed E-state index contributed by atoms with van der Waals surface area (Å²) < 4.78 is 10.8. The van der Waals surface area contributed by atoms with Gasteiger partial charge in [-0.2, -0.15) is 0 Å². The molecule has 0 radical (unpaired) electrons. The first-order chi connectivity index (χ1) is 11.3. The summed E-state index contributed by atoms with van der Waals surface area (Å²) in [5, 5.41) is 14.8. The molecule has 8 heteroatoms. The van der Waals surface area contributed by atoms with Crippen LogP contribution in [-0.4, -0.2) is 35.5 Å². The van der Waals surface area contributed by atoms with E-state index in [1.165, 1.54) is 17.8 Å². The molecule has 1 saturated carbocycles. The number of carbonyl (C=O) groups is 1. The molecule has 23 heavy (non-hydrogen) atoms. The Morgan fingerprint density at radius 2 is 2.22 bits per heavy atom. The number of carbonyl (C=O) groups excluding carboxylic acids is 1. The van der Waals surface area contributed by atoms with Crippen LogP contribution in [0.4, 0.5) is 9.93 Å². The zero-order chi connectivity index (χ0) is 16.1. The maximum absolute atomic E-state index is 12.2. The summed E-state index contributed by atoms with van der Waals surface area (Å²) in [6.07, 6.45) is 6.97. The van der Waals surface area contributed by atoms with Crippen molar-refractivity contribution in [2.75, 3.05) is 12.4 Å². The standard InChI is InChI=1S/C15H20N4O3S/c1-21-11-7-4-2-3-6-10(11)16-14(20)17-15-19-18-13(23-15)12-8-5-9-22-12/h5,8-11H,2-4,6-7H2,1H3,(H2,16,17,19,20)/t10-,11-/m1/s1. The van der Waals surface area contributed by atoms with Gasteiger partial charge in [0.2, 0.25) is 5.13 Å². The number of urea groups is 1. The van der Waals surface area contributed by atoms with E-state index in [1.807, 2.05) is 0 Å². The second-order valence-electron chi connectivity index (χ2n) is 5.51. The molecule has 0 saturated heterocycles. The number of nitrogens with one attached hydrogen (secondary N) is 2. The largest absolute Gasteiger partial charge is 0.462 e. The SMILES string of the molecule is CO[C@@H]1CCCCC[C@H]1NC(=O)Nc1nnc(-c2ccco2)s1. The van der Waals surface area contributed by atoms with Gasteiger partial charge in [-0.05, 0) is 25.0 Å². The average Bonchev–Trinajstić information content (AvgIpc) is 3.17. The van der Waals surface area contributed by atoms with Crippen molar-refractivity contribution in [1.29, 1.82) is 0 Å². The lowest BCUT2D eigenvalue weighted by molar-refractivity contribution is 0.0667. The molecule has 1 aliphatic carbocycles. The zero-order valence-corrected chi connectivity index (χ0v) is 13.8. The summed E-state index contributed by atoms with van der Waals surface area (Å²) in [5.74, 6) is 0.638. The highest BCUT2D eigenvalue weighted by Gasteiger charge is 2.25. The van der Waals surface area contributed by atoms with Crippen LogP contribution in [0.3, 0.4) is 0 Å². The summed E-state index contributed by atoms with van der Waals surface area (Å²) >= 11 is 1.27. The van der Waals surface area contributed by atoms with E-state index in [2.05, 4.69) is 20.8 Å². The van der Waals surface area contributed by atoms with Crippen LogP contribution in [0.15, 0.2) is 22.8 Å². The predicted octanol–water partition coefficient (Wildman–Crippen LogP) is 3.27. The first-order valence-electron chi connectivity index (χ1n) is 7.74. The molecular weight excluding hydrogens is 316 g/mol. The zero-order valence-electron chi connectivity index (χ0n) is 12.9. The Bertz CT molecular complexity index is 628. The minimum Gasteiger partial charge on any atom is -0.462 e. The summed E-state index contributed by atoms with van der Waals surface area (Å²) in [6, 6.07) is 3.34. The van der Waals surface area contributed by atoms with Gasteiger partial charge in [0.1, 0.15) is 0 Å². The fourth-order valence-electron chi connectivity index (χ4n) is 2.80. The van der Waals surface area contributed by atoms with Crippen molar-refractivity contribution in [1.82, 2.24) is 15.5 Å². The van der Waals surface area contributed by atoms with Gasteiger partial charge < -0.3 is 14.5 Å². The molecular formula is C15H20N4O3S. The maximum Gasteiger partial charge on any atom is 0.321 e. The van der Waals surface area contributed by atoms with Gasteiger partial charge in [0, 0.05) is 7.11 Å². The Kier molecular flexibility index (Phi) is 5.24. The average molecular weight is 336 g/mol. The van der Waals surface area contributed by atoms with E-state index in [0.717, 1.165) is 25.7 Å². The van der Waals surface area contributed by atoms with Crippen molar-refractivity contribution in [3.8, 4) is 10.8 Å². The third kappa shape index (κ3) is 4.08. The second-order valence-corrected chi connectivity index (χ2v) is 6.48. The fourth-order valence-corrected chi connectivity index (χ4v) is 3.50. The molecule has 2 amide bonds. The first kappa shape index (κ1) is 15.9. The highest BCUT2D eigenvalue weighted by molar-refractivity contribution is 7.18. The number of hydrogen-bond acceptors (Lipinski definition) is 6. The summed E-state index contributed by atoms with van der Waals surface area (Å²) in [4.78, 5) is 12.2. The lowest BCUT2D eigenvalue weighted by Crippen LogP contribution is -2.45. The van der Waals surface area contributed by atoms with Gasteiger partial charge in [0.25, 0.3) is 0 Å². The van der Waals surface area contributed by atoms with E-state index in [1.54, 1.807) is 25.5 Å². The number of methoxy groups -OCH3 is 1. The Balaban J connectivity index is 1.58. The van der Waals surface area contributed by atoms with E-state index in [-0.39, 0.29) is 18.2 Å². The Hall–Kier alpha value is -1.93. The minimum atomic E-state index is -0.277. The summed E-state index contributed by atoms with van der Waals surface area (Å²) in [6.45, 7) is 0. The second kappa shape index (κ2) is 7.56. The number of anilines is 1. The van der Waals surface area contributed by atoms with Crippen LogP contribution in [0.1, 0.15) is 32.1 Å². The lowest BCUT2D eigenvalue weighted by Gasteiger charge is -2.24. The maximum atomic E-state index is 12.2. The van der Waals surface area contributed by atoms with Gasteiger partial charge in [-0.25, -0.2) is 4.79 Å². The molecule has 0 aromatic carbocycles. The molecule has 2 atom stereocenters. The van der Waals surface area contributed by atoms with E-state index in [4.69, 9.17) is 9.15 Å². The van der Waals surface area contributed by atoms with Gasteiger partial charge in [0.05, 0.1) is 18.4 Å². The van der Waals surface area contributed by atoms with E-state index >= 15 is 0 Å². The molecule has 2 N–H and O–H groups in total. The number of furan rings is 1. The Morgan fingerprint density at radius 1 is 1.35 bits per heavy atom. The molecule has 0 bridgehead atoms. The van der Waals surface area contributed by atoms with Crippen molar-refractivity contribution < 1.29 is 13.9 Å². The number of aromatic nitrogens is 2. The molecule has 124 valence electrons. The molecule has 3 rings (SSSR count). The van der Waals surface area contributed by atoms with Crippen molar-refractivity contribution in [3.05, 3.63) is 18.4 Å². The molecule has 2 aromatic rings. The van der Waals surface area contributed by atoms with Gasteiger partial charge in [-0.3, -0.25) is 5.32 Å². The van der Waals surface area contributed by atoms with Crippen molar-refractivity contribution in [2.24, 2.45) is 0 Å². The Morgan fingerprint density at radius 3 is 3.00 bits per heavy atom. The number of rotatable bonds is 4. The van der Waals surface area contributed by atoms with Gasteiger partial charge in [-0.15, -0.1) is 10.2 Å². The fraction of sp³-hybridized carbons (Fsp3) is 0.533. The molecule has 0 spiro atoms. The molecule has 0 unspecified atom stereocenters. The van der Waals surface area contributed by atoms with Crippen molar-refractivity contribution >= 4 is 22.5 Å². The quantitative estimate of drug-likeness (QED) is 0.837. The van der Waals surface area contributed by atoms with Crippen LogP contribution in [0.25, 0.3) is 10.8 Å².